The lowest BCUT2D eigenvalue weighted by Gasteiger charge is -2.17. The molecule has 0 heterocycles. The van der Waals surface area contributed by atoms with Crippen LogP contribution in [-0.2, 0) is 19.4 Å². The molecule has 0 bridgehead atoms. The van der Waals surface area contributed by atoms with E-state index in [1.807, 2.05) is 0 Å². The van der Waals surface area contributed by atoms with Crippen LogP contribution in [0.2, 0.25) is 0 Å². The van der Waals surface area contributed by atoms with Gasteiger partial charge in [-0.25, -0.2) is 8.42 Å². The zero-order valence-electron chi connectivity index (χ0n) is 12.3. The van der Waals surface area contributed by atoms with Gasteiger partial charge < -0.3 is 21.1 Å². The van der Waals surface area contributed by atoms with Gasteiger partial charge in [-0.2, -0.15) is 0 Å². The molecular formula is C13H21N3O4S. The van der Waals surface area contributed by atoms with Crippen molar-refractivity contribution in [1.82, 2.24) is 5.32 Å². The number of sulfone groups is 1. The number of carbonyl (C=O) groups excluding carboxylic acids is 1. The fourth-order valence-electron chi connectivity index (χ4n) is 1.63. The van der Waals surface area contributed by atoms with Crippen LogP contribution in [0.3, 0.4) is 0 Å². The molecule has 0 fully saturated rings. The third-order valence-electron chi connectivity index (χ3n) is 2.82. The van der Waals surface area contributed by atoms with Crippen LogP contribution in [0, 0.1) is 0 Å². The predicted octanol–water partition coefficient (Wildman–Crippen LogP) is 0.235. The highest BCUT2D eigenvalue weighted by Gasteiger charge is 2.15. The SMILES string of the molecule is COCCNC(=O)C(C)Nc1ccc(S(C)(=O)=O)cc1N. The van der Waals surface area contributed by atoms with Crippen LogP contribution in [0.4, 0.5) is 11.4 Å². The summed E-state index contributed by atoms with van der Waals surface area (Å²) >= 11 is 0. The number of rotatable bonds is 7. The van der Waals surface area contributed by atoms with Gasteiger partial charge in [0, 0.05) is 19.9 Å². The van der Waals surface area contributed by atoms with Crippen LogP contribution in [0.1, 0.15) is 6.92 Å². The largest absolute Gasteiger partial charge is 0.397 e. The number of ether oxygens (including phenoxy) is 1. The van der Waals surface area contributed by atoms with Gasteiger partial charge in [0.25, 0.3) is 0 Å². The van der Waals surface area contributed by atoms with Gasteiger partial charge in [0.15, 0.2) is 9.84 Å². The maximum absolute atomic E-state index is 11.8. The van der Waals surface area contributed by atoms with Crippen molar-refractivity contribution < 1.29 is 17.9 Å². The average molecular weight is 315 g/mol. The Bertz CT molecular complexity index is 601. The van der Waals surface area contributed by atoms with Crippen molar-refractivity contribution in [3.63, 3.8) is 0 Å². The number of hydrogen-bond donors (Lipinski definition) is 3. The highest BCUT2D eigenvalue weighted by atomic mass is 32.2. The Morgan fingerprint density at radius 3 is 2.62 bits per heavy atom. The molecule has 0 aromatic heterocycles. The van der Waals surface area contributed by atoms with Crippen LogP contribution in [0.15, 0.2) is 23.1 Å². The zero-order valence-corrected chi connectivity index (χ0v) is 13.2. The van der Waals surface area contributed by atoms with Gasteiger partial charge in [-0.05, 0) is 25.1 Å². The Morgan fingerprint density at radius 1 is 1.43 bits per heavy atom. The van der Waals surface area contributed by atoms with Gasteiger partial charge in [0.05, 0.1) is 22.9 Å². The third kappa shape index (κ3) is 5.24. The van der Waals surface area contributed by atoms with Crippen molar-refractivity contribution in [2.75, 3.05) is 37.6 Å². The van der Waals surface area contributed by atoms with Crippen LogP contribution < -0.4 is 16.4 Å². The summed E-state index contributed by atoms with van der Waals surface area (Å²) in [6.45, 7) is 2.54. The molecule has 0 saturated heterocycles. The number of nitrogens with one attached hydrogen (secondary N) is 2. The Morgan fingerprint density at radius 2 is 2.10 bits per heavy atom. The van der Waals surface area contributed by atoms with Crippen molar-refractivity contribution in [3.8, 4) is 0 Å². The first-order valence-electron chi connectivity index (χ1n) is 6.38. The second kappa shape index (κ2) is 7.28. The fourth-order valence-corrected chi connectivity index (χ4v) is 2.29. The van der Waals surface area contributed by atoms with E-state index in [4.69, 9.17) is 10.5 Å². The minimum absolute atomic E-state index is 0.141. The minimum atomic E-state index is -3.30. The van der Waals surface area contributed by atoms with Crippen molar-refractivity contribution in [2.24, 2.45) is 0 Å². The molecule has 1 aromatic rings. The number of nitrogens with two attached hydrogens (primary N) is 1. The molecule has 0 saturated carbocycles. The maximum atomic E-state index is 11.8. The molecule has 21 heavy (non-hydrogen) atoms. The van der Waals surface area contributed by atoms with Gasteiger partial charge in [-0.3, -0.25) is 4.79 Å². The smallest absolute Gasteiger partial charge is 0.242 e. The molecule has 0 radical (unpaired) electrons. The van der Waals surface area contributed by atoms with E-state index in [0.29, 0.717) is 18.8 Å². The van der Waals surface area contributed by atoms with E-state index in [1.165, 1.54) is 12.1 Å². The molecule has 0 spiro atoms. The fraction of sp³-hybridized carbons (Fsp3) is 0.462. The van der Waals surface area contributed by atoms with Gasteiger partial charge in [0.2, 0.25) is 5.91 Å². The monoisotopic (exact) mass is 315 g/mol. The standard InChI is InChI=1S/C13H21N3O4S/c1-9(13(17)15-6-7-20-2)16-12-5-4-10(8-11(12)14)21(3,18)19/h4-5,8-9,16H,6-7,14H2,1-3H3,(H,15,17). The number of hydrogen-bond acceptors (Lipinski definition) is 6. The maximum Gasteiger partial charge on any atom is 0.242 e. The summed E-state index contributed by atoms with van der Waals surface area (Å²) in [6, 6.07) is 3.86. The Labute approximate surface area is 124 Å². The van der Waals surface area contributed by atoms with Gasteiger partial charge >= 0.3 is 0 Å². The number of amides is 1. The quantitative estimate of drug-likeness (QED) is 0.491. The van der Waals surface area contributed by atoms with E-state index in [2.05, 4.69) is 10.6 Å². The summed E-state index contributed by atoms with van der Waals surface area (Å²) < 4.78 is 27.7. The van der Waals surface area contributed by atoms with Gasteiger partial charge in [0.1, 0.15) is 6.04 Å². The number of anilines is 2. The van der Waals surface area contributed by atoms with E-state index in [0.717, 1.165) is 6.26 Å². The average Bonchev–Trinajstić information content (AvgIpc) is 2.39. The molecule has 1 aromatic carbocycles. The van der Waals surface area contributed by atoms with Crippen LogP contribution >= 0.6 is 0 Å². The molecule has 1 amide bonds. The van der Waals surface area contributed by atoms with Crippen LogP contribution in [0.25, 0.3) is 0 Å². The molecule has 4 N–H and O–H groups in total. The Kier molecular flexibility index (Phi) is 5.98. The van der Waals surface area contributed by atoms with Crippen molar-refractivity contribution in [1.29, 1.82) is 0 Å². The molecule has 0 aliphatic carbocycles. The minimum Gasteiger partial charge on any atom is -0.397 e. The lowest BCUT2D eigenvalue weighted by Crippen LogP contribution is -2.39. The summed E-state index contributed by atoms with van der Waals surface area (Å²) in [6.07, 6.45) is 1.11. The molecule has 1 rings (SSSR count). The molecular weight excluding hydrogens is 294 g/mol. The number of carbonyl (C=O) groups is 1. The van der Waals surface area contributed by atoms with Gasteiger partial charge in [-0.15, -0.1) is 0 Å². The zero-order chi connectivity index (χ0) is 16.0. The Hall–Kier alpha value is -1.80. The van der Waals surface area contributed by atoms with Crippen molar-refractivity contribution in [2.45, 2.75) is 17.9 Å². The van der Waals surface area contributed by atoms with Gasteiger partial charge in [-0.1, -0.05) is 0 Å². The lowest BCUT2D eigenvalue weighted by molar-refractivity contribution is -0.121. The first kappa shape index (κ1) is 17.3. The molecule has 1 atom stereocenters. The summed E-state index contributed by atoms with van der Waals surface area (Å²) in [7, 11) is -1.75. The lowest BCUT2D eigenvalue weighted by atomic mass is 10.2. The van der Waals surface area contributed by atoms with E-state index in [-0.39, 0.29) is 16.5 Å². The van der Waals surface area contributed by atoms with E-state index in [9.17, 15) is 13.2 Å². The summed E-state index contributed by atoms with van der Waals surface area (Å²) in [5, 5.41) is 5.64. The summed E-state index contributed by atoms with van der Waals surface area (Å²) in [4.78, 5) is 11.9. The molecule has 7 nitrogen and oxygen atoms in total. The first-order valence-corrected chi connectivity index (χ1v) is 8.27. The second-order valence-corrected chi connectivity index (χ2v) is 6.69. The highest BCUT2D eigenvalue weighted by molar-refractivity contribution is 7.90. The predicted molar refractivity (Wildman–Crippen MR) is 81.9 cm³/mol. The normalized spacial score (nSPS) is 12.7. The molecule has 0 aliphatic heterocycles. The molecule has 8 heteroatoms. The molecule has 118 valence electrons. The van der Waals surface area contributed by atoms with E-state index >= 15 is 0 Å². The number of nitrogen functional groups attached to an aromatic ring is 1. The highest BCUT2D eigenvalue weighted by Crippen LogP contribution is 2.23. The second-order valence-electron chi connectivity index (χ2n) is 4.67. The van der Waals surface area contributed by atoms with Crippen LogP contribution in [-0.4, -0.2) is 46.9 Å². The summed E-state index contributed by atoms with van der Waals surface area (Å²) in [5.74, 6) is -0.196. The first-order chi connectivity index (χ1) is 9.75. The number of benzene rings is 1. The van der Waals surface area contributed by atoms with E-state index < -0.39 is 15.9 Å². The third-order valence-corrected chi connectivity index (χ3v) is 3.93. The number of methoxy groups -OCH3 is 1. The Balaban J connectivity index is 2.73. The topological polar surface area (TPSA) is 111 Å². The van der Waals surface area contributed by atoms with Crippen LogP contribution in [0.5, 0.6) is 0 Å². The summed E-state index contributed by atoms with van der Waals surface area (Å²) in [5.41, 5.74) is 6.59. The van der Waals surface area contributed by atoms with Crippen molar-refractivity contribution >= 4 is 27.1 Å². The van der Waals surface area contributed by atoms with E-state index in [1.54, 1.807) is 20.1 Å². The molecule has 1 unspecified atom stereocenters. The molecule has 0 aliphatic rings. The van der Waals surface area contributed by atoms with Crippen molar-refractivity contribution in [3.05, 3.63) is 18.2 Å².